The molecule has 2 rings (SSSR count). The Morgan fingerprint density at radius 2 is 2.00 bits per heavy atom. The maximum absolute atomic E-state index is 12.9. The van der Waals surface area contributed by atoms with Gasteiger partial charge in [0.15, 0.2) is 0 Å². The molecule has 2 unspecified atom stereocenters. The van der Waals surface area contributed by atoms with E-state index in [1.165, 1.54) is 11.8 Å². The highest BCUT2D eigenvalue weighted by molar-refractivity contribution is 5.79. The van der Waals surface area contributed by atoms with Crippen LogP contribution in [-0.4, -0.2) is 41.3 Å². The lowest BCUT2D eigenvalue weighted by Crippen LogP contribution is -2.43. The van der Waals surface area contributed by atoms with E-state index in [1.807, 2.05) is 0 Å². The number of nitrogens with zero attached hydrogens (tertiary/aromatic N) is 1. The zero-order valence-electron chi connectivity index (χ0n) is 14.1. The zero-order chi connectivity index (χ0) is 18.8. The summed E-state index contributed by atoms with van der Waals surface area (Å²) in [5, 5.41) is 11.6. The van der Waals surface area contributed by atoms with Crippen molar-refractivity contribution in [2.45, 2.75) is 38.9 Å². The molecular weight excluding hydrogens is 337 g/mol. The molecule has 0 aliphatic carbocycles. The van der Waals surface area contributed by atoms with Crippen molar-refractivity contribution in [1.29, 1.82) is 0 Å². The average molecular weight is 358 g/mol. The minimum atomic E-state index is -4.44. The first-order valence-corrected chi connectivity index (χ1v) is 7.93. The smallest absolute Gasteiger partial charge is 0.391 e. The van der Waals surface area contributed by atoms with Crippen LogP contribution in [0.15, 0.2) is 24.3 Å². The van der Waals surface area contributed by atoms with Crippen molar-refractivity contribution in [3.63, 3.8) is 0 Å². The molecule has 2 atom stereocenters. The lowest BCUT2D eigenvalue weighted by molar-refractivity contribution is -0.147. The van der Waals surface area contributed by atoms with Crippen LogP contribution in [0.2, 0.25) is 0 Å². The number of carbonyl (C=O) groups excluding carboxylic acids is 1. The highest BCUT2D eigenvalue weighted by Gasteiger charge is 2.43. The van der Waals surface area contributed by atoms with Gasteiger partial charge in [-0.3, -0.25) is 4.79 Å². The van der Waals surface area contributed by atoms with Gasteiger partial charge in [0.05, 0.1) is 17.9 Å². The third-order valence-electron chi connectivity index (χ3n) is 4.57. The van der Waals surface area contributed by atoms with Gasteiger partial charge < -0.3 is 15.3 Å². The summed E-state index contributed by atoms with van der Waals surface area (Å²) < 4.78 is 38.8. The molecule has 1 fully saturated rings. The van der Waals surface area contributed by atoms with Crippen LogP contribution in [0.25, 0.3) is 0 Å². The molecule has 0 bridgehead atoms. The maximum atomic E-state index is 12.9. The van der Waals surface area contributed by atoms with Crippen LogP contribution < -0.4 is 5.32 Å². The largest absolute Gasteiger partial charge is 0.481 e. The number of aryl methyl sites for hydroxylation is 1. The molecule has 138 valence electrons. The first kappa shape index (κ1) is 19.1. The number of carboxylic acid groups (broad SMARTS) is 1. The number of carbonyl (C=O) groups is 2. The number of urea groups is 1. The van der Waals surface area contributed by atoms with Gasteiger partial charge in [-0.1, -0.05) is 24.3 Å². The first-order valence-electron chi connectivity index (χ1n) is 7.93. The van der Waals surface area contributed by atoms with Gasteiger partial charge in [-0.15, -0.1) is 0 Å². The fraction of sp³-hybridized carbons (Fsp3) is 0.529. The van der Waals surface area contributed by atoms with Gasteiger partial charge in [0.2, 0.25) is 0 Å². The van der Waals surface area contributed by atoms with Crippen molar-refractivity contribution < 1.29 is 27.9 Å². The first-order chi connectivity index (χ1) is 11.5. The van der Waals surface area contributed by atoms with Gasteiger partial charge >= 0.3 is 18.2 Å². The Hall–Kier alpha value is -2.25. The number of alkyl halides is 3. The van der Waals surface area contributed by atoms with Crippen LogP contribution in [0.5, 0.6) is 0 Å². The molecule has 1 heterocycles. The zero-order valence-corrected chi connectivity index (χ0v) is 14.1. The number of hydrogen-bond donors (Lipinski definition) is 2. The van der Waals surface area contributed by atoms with E-state index in [9.17, 15) is 27.9 Å². The number of hydrogen-bond acceptors (Lipinski definition) is 2. The Labute approximate surface area is 143 Å². The maximum Gasteiger partial charge on any atom is 0.391 e. The number of amides is 2. The summed E-state index contributed by atoms with van der Waals surface area (Å²) in [6.07, 6.45) is -5.36. The molecule has 2 N–H and O–H groups in total. The summed E-state index contributed by atoms with van der Waals surface area (Å²) in [7, 11) is 0. The number of aliphatic carboxylic acids is 1. The lowest BCUT2D eigenvalue weighted by Gasteiger charge is -2.26. The fourth-order valence-corrected chi connectivity index (χ4v) is 3.00. The Morgan fingerprint density at radius 1 is 1.36 bits per heavy atom. The number of rotatable bonds is 4. The van der Waals surface area contributed by atoms with Crippen LogP contribution in [-0.2, 0) is 4.79 Å². The second-order valence-corrected chi connectivity index (χ2v) is 6.72. The predicted molar refractivity (Wildman–Crippen MR) is 85.1 cm³/mol. The fourth-order valence-electron chi connectivity index (χ4n) is 3.00. The second-order valence-electron chi connectivity index (χ2n) is 6.72. The normalized spacial score (nSPS) is 21.9. The van der Waals surface area contributed by atoms with Crippen LogP contribution in [0.1, 0.15) is 36.9 Å². The van der Waals surface area contributed by atoms with Gasteiger partial charge in [-0.25, -0.2) is 4.79 Å². The molecule has 1 aliphatic rings. The predicted octanol–water partition coefficient (Wildman–Crippen LogP) is 3.49. The topological polar surface area (TPSA) is 69.6 Å². The lowest BCUT2D eigenvalue weighted by atomic mass is 9.90. The molecule has 0 aromatic heterocycles. The van der Waals surface area contributed by atoms with E-state index in [1.54, 1.807) is 31.2 Å². The Morgan fingerprint density at radius 3 is 2.52 bits per heavy atom. The third kappa shape index (κ3) is 4.64. The van der Waals surface area contributed by atoms with E-state index in [4.69, 9.17) is 0 Å². The number of likely N-dealkylation sites (tertiary alicyclic amines) is 1. The standard InChI is InChI=1S/C17H21F3N2O3/c1-11-5-3-4-6-12(11)13(9-17(18,19)20)21-15(25)22-8-7-16(2,10-22)14(23)24/h3-6,13H,7-10H2,1-2H3,(H,21,25)(H,23,24). The molecular formula is C17H21F3N2O3. The summed E-state index contributed by atoms with van der Waals surface area (Å²) in [6.45, 7) is 3.38. The molecule has 0 spiro atoms. The van der Waals surface area contributed by atoms with Gasteiger partial charge in [0, 0.05) is 13.1 Å². The highest BCUT2D eigenvalue weighted by atomic mass is 19.4. The van der Waals surface area contributed by atoms with Crippen molar-refractivity contribution in [2.75, 3.05) is 13.1 Å². The van der Waals surface area contributed by atoms with E-state index >= 15 is 0 Å². The van der Waals surface area contributed by atoms with E-state index in [0.29, 0.717) is 11.1 Å². The number of halogens is 3. The molecule has 2 amide bonds. The second kappa shape index (κ2) is 6.93. The molecule has 0 saturated carbocycles. The summed E-state index contributed by atoms with van der Waals surface area (Å²) in [5.74, 6) is -1.02. The van der Waals surface area contributed by atoms with Crippen molar-refractivity contribution in [1.82, 2.24) is 10.2 Å². The van der Waals surface area contributed by atoms with Crippen LogP contribution >= 0.6 is 0 Å². The molecule has 0 radical (unpaired) electrons. The van der Waals surface area contributed by atoms with Crippen LogP contribution in [0.3, 0.4) is 0 Å². The third-order valence-corrected chi connectivity index (χ3v) is 4.57. The van der Waals surface area contributed by atoms with Gasteiger partial charge in [-0.2, -0.15) is 13.2 Å². The van der Waals surface area contributed by atoms with Crippen LogP contribution in [0, 0.1) is 12.3 Å². The molecule has 8 heteroatoms. The Kier molecular flexibility index (Phi) is 5.29. The summed E-state index contributed by atoms with van der Waals surface area (Å²) in [5.41, 5.74) is -0.0262. The summed E-state index contributed by atoms with van der Waals surface area (Å²) in [6, 6.07) is 4.67. The molecule has 1 aromatic carbocycles. The minimum absolute atomic E-state index is 0.0271. The van der Waals surface area contributed by atoms with Crippen molar-refractivity contribution in [3.05, 3.63) is 35.4 Å². The van der Waals surface area contributed by atoms with E-state index in [0.717, 1.165) is 0 Å². The van der Waals surface area contributed by atoms with E-state index in [-0.39, 0.29) is 19.5 Å². The molecule has 5 nitrogen and oxygen atoms in total. The Balaban J connectivity index is 2.16. The summed E-state index contributed by atoms with van der Waals surface area (Å²) in [4.78, 5) is 24.9. The van der Waals surface area contributed by atoms with Gasteiger partial charge in [0.25, 0.3) is 0 Å². The van der Waals surface area contributed by atoms with Crippen molar-refractivity contribution >= 4 is 12.0 Å². The highest BCUT2D eigenvalue weighted by Crippen LogP contribution is 2.33. The average Bonchev–Trinajstić information content (AvgIpc) is 2.90. The monoisotopic (exact) mass is 358 g/mol. The number of carboxylic acids is 1. The van der Waals surface area contributed by atoms with Crippen molar-refractivity contribution in [2.24, 2.45) is 5.41 Å². The number of nitrogens with one attached hydrogen (secondary N) is 1. The number of benzene rings is 1. The summed E-state index contributed by atoms with van der Waals surface area (Å²) >= 11 is 0. The SMILES string of the molecule is Cc1ccccc1C(CC(F)(F)F)NC(=O)N1CCC(C)(C(=O)O)C1. The molecule has 1 saturated heterocycles. The van der Waals surface area contributed by atoms with Crippen molar-refractivity contribution in [3.8, 4) is 0 Å². The quantitative estimate of drug-likeness (QED) is 0.866. The Bertz CT molecular complexity index is 663. The van der Waals surface area contributed by atoms with Crippen LogP contribution in [0.4, 0.5) is 18.0 Å². The van der Waals surface area contributed by atoms with Gasteiger partial charge in [-0.05, 0) is 31.4 Å². The van der Waals surface area contributed by atoms with Gasteiger partial charge in [0.1, 0.15) is 0 Å². The van der Waals surface area contributed by atoms with E-state index in [2.05, 4.69) is 5.32 Å². The van der Waals surface area contributed by atoms with E-state index < -0.39 is 36.1 Å². The minimum Gasteiger partial charge on any atom is -0.481 e. The molecule has 1 aromatic rings. The molecule has 1 aliphatic heterocycles. The molecule has 25 heavy (non-hydrogen) atoms.